The Labute approximate surface area is 134 Å². The minimum atomic E-state index is -0.954. The molecule has 1 aromatic carbocycles. The third kappa shape index (κ3) is 7.39. The van der Waals surface area contributed by atoms with E-state index in [9.17, 15) is 9.90 Å². The molecule has 0 aliphatic rings. The fourth-order valence-electron chi connectivity index (χ4n) is 1.09. The summed E-state index contributed by atoms with van der Waals surface area (Å²) in [5.74, 6) is -0.554. The van der Waals surface area contributed by atoms with Crippen LogP contribution in [0.25, 0.3) is 0 Å². The normalized spacial score (nSPS) is 10.6. The summed E-state index contributed by atoms with van der Waals surface area (Å²) in [6.07, 6.45) is 1.33. The largest absolute Gasteiger partial charge is 2.00 e. The van der Waals surface area contributed by atoms with E-state index in [-0.39, 0.29) is 47.3 Å². The maximum Gasteiger partial charge on any atom is 2.00 e. The maximum atomic E-state index is 11.1. The maximum absolute atomic E-state index is 11.1. The zero-order valence-electron chi connectivity index (χ0n) is 9.92. The zero-order chi connectivity index (χ0) is 12.0. The predicted octanol–water partition coefficient (Wildman–Crippen LogP) is -5.65. The van der Waals surface area contributed by atoms with Crippen molar-refractivity contribution in [2.45, 2.75) is 6.04 Å². The number of phenolic OH excluding ortho intramolecular Hbond substituents is 1. The van der Waals surface area contributed by atoms with Crippen LogP contribution in [-0.4, -0.2) is 42.2 Å². The number of aromatic hydroxyl groups is 1. The van der Waals surface area contributed by atoms with Gasteiger partial charge in [0.05, 0.1) is 13.7 Å². The average Bonchev–Trinajstić information content (AvgIpc) is 2.31. The monoisotopic (exact) mass is 352 g/mol. The van der Waals surface area contributed by atoms with Crippen LogP contribution >= 0.6 is 0 Å². The average molecular weight is 353 g/mol. The van der Waals surface area contributed by atoms with Gasteiger partial charge in [-0.3, -0.25) is 4.99 Å². The van der Waals surface area contributed by atoms with Gasteiger partial charge >= 0.3 is 22.7 Å². The smallest absolute Gasteiger partial charge is 1.00 e. The topological polar surface area (TPSA) is 79.1 Å². The third-order valence-electron chi connectivity index (χ3n) is 1.98. The summed E-state index contributed by atoms with van der Waals surface area (Å²) in [6.45, 7) is -0.434. The van der Waals surface area contributed by atoms with E-state index >= 15 is 0 Å². The SMILES string of the molecule is COC(=O)[C@H](CO)N=Cc1ccccc1O.[Cl-].[Cl-].[Co+2]. The number of esters is 1. The first-order valence-corrected chi connectivity index (χ1v) is 4.69. The summed E-state index contributed by atoms with van der Waals surface area (Å²) < 4.78 is 4.45. The van der Waals surface area contributed by atoms with E-state index in [1.54, 1.807) is 18.2 Å². The van der Waals surface area contributed by atoms with Gasteiger partial charge in [-0.1, -0.05) is 12.1 Å². The van der Waals surface area contributed by atoms with Crippen LogP contribution in [0.4, 0.5) is 0 Å². The molecule has 1 rings (SSSR count). The molecule has 0 fully saturated rings. The quantitative estimate of drug-likeness (QED) is 0.418. The summed E-state index contributed by atoms with van der Waals surface area (Å²) in [5, 5.41) is 18.3. The third-order valence-corrected chi connectivity index (χ3v) is 1.98. The van der Waals surface area contributed by atoms with E-state index in [2.05, 4.69) is 9.73 Å². The Kier molecular flexibility index (Phi) is 15.0. The summed E-state index contributed by atoms with van der Waals surface area (Å²) in [7, 11) is 1.22. The van der Waals surface area contributed by atoms with Crippen molar-refractivity contribution in [3.05, 3.63) is 29.8 Å². The Morgan fingerprint density at radius 3 is 2.47 bits per heavy atom. The van der Waals surface area contributed by atoms with E-state index in [1.807, 2.05) is 0 Å². The molecule has 0 saturated heterocycles. The second kappa shape index (κ2) is 12.3. The standard InChI is InChI=1S/C11H13NO4.2ClH.Co/c1-16-11(15)9(7-13)12-6-8-4-2-3-5-10(8)14;;;/h2-6,9,13-14H,7H2,1H3;2*1H;/q;;;+2/p-2/t9-;;;/m0.../s1. The van der Waals surface area contributed by atoms with Crippen molar-refractivity contribution < 1.29 is 61.3 Å². The first-order valence-electron chi connectivity index (χ1n) is 4.69. The Morgan fingerprint density at radius 1 is 1.42 bits per heavy atom. The van der Waals surface area contributed by atoms with Gasteiger partial charge in [0.2, 0.25) is 0 Å². The fraction of sp³-hybridized carbons (Fsp3) is 0.273. The fourth-order valence-corrected chi connectivity index (χ4v) is 1.09. The van der Waals surface area contributed by atoms with Crippen LogP contribution in [0.1, 0.15) is 5.56 Å². The van der Waals surface area contributed by atoms with Gasteiger partial charge in [0.15, 0.2) is 6.04 Å². The van der Waals surface area contributed by atoms with Gasteiger partial charge in [-0.25, -0.2) is 4.79 Å². The number of aliphatic hydroxyl groups is 1. The number of nitrogens with zero attached hydrogens (tertiary/aromatic N) is 1. The number of aliphatic imine (C=N–C) groups is 1. The number of carbonyl (C=O) groups excluding carboxylic acids is 1. The molecule has 19 heavy (non-hydrogen) atoms. The molecule has 0 aromatic heterocycles. The molecular formula is C11H13Cl2CoNO4. The molecule has 8 heteroatoms. The summed E-state index contributed by atoms with van der Waals surface area (Å²) in [6, 6.07) is 5.60. The molecule has 0 saturated carbocycles. The summed E-state index contributed by atoms with van der Waals surface area (Å²) in [4.78, 5) is 14.9. The molecule has 0 heterocycles. The van der Waals surface area contributed by atoms with Crippen LogP contribution < -0.4 is 24.8 Å². The number of halogens is 2. The molecule has 2 N–H and O–H groups in total. The van der Waals surface area contributed by atoms with Crippen LogP contribution in [0.3, 0.4) is 0 Å². The molecule has 0 aliphatic heterocycles. The molecule has 1 aromatic rings. The van der Waals surface area contributed by atoms with Crippen molar-refractivity contribution in [2.75, 3.05) is 13.7 Å². The van der Waals surface area contributed by atoms with Gasteiger partial charge in [-0.05, 0) is 12.1 Å². The zero-order valence-corrected chi connectivity index (χ0v) is 12.5. The number of benzene rings is 1. The first kappa shape index (κ1) is 23.3. The number of rotatable bonds is 4. The van der Waals surface area contributed by atoms with Crippen LogP contribution in [0.15, 0.2) is 29.3 Å². The Hall–Kier alpha value is -0.794. The molecule has 5 nitrogen and oxygen atoms in total. The number of para-hydroxylation sites is 1. The van der Waals surface area contributed by atoms with Gasteiger partial charge in [0.25, 0.3) is 0 Å². The second-order valence-corrected chi connectivity index (χ2v) is 3.06. The van der Waals surface area contributed by atoms with Gasteiger partial charge in [0.1, 0.15) is 5.75 Å². The minimum absolute atomic E-state index is 0. The number of hydrogen-bond donors (Lipinski definition) is 2. The first-order chi connectivity index (χ1) is 7.69. The van der Waals surface area contributed by atoms with E-state index in [0.717, 1.165) is 0 Å². The number of phenols is 1. The molecule has 109 valence electrons. The van der Waals surface area contributed by atoms with Gasteiger partial charge in [-0.15, -0.1) is 0 Å². The van der Waals surface area contributed by atoms with Crippen LogP contribution in [0.2, 0.25) is 0 Å². The number of methoxy groups -OCH3 is 1. The molecule has 0 bridgehead atoms. The van der Waals surface area contributed by atoms with Crippen molar-refractivity contribution in [1.82, 2.24) is 0 Å². The van der Waals surface area contributed by atoms with Crippen molar-refractivity contribution in [2.24, 2.45) is 4.99 Å². The molecule has 0 amide bonds. The number of hydrogen-bond acceptors (Lipinski definition) is 5. The van der Waals surface area contributed by atoms with Crippen LogP contribution in [-0.2, 0) is 26.3 Å². The minimum Gasteiger partial charge on any atom is -1.00 e. The Balaban J connectivity index is -0.000000853. The molecule has 1 radical (unpaired) electrons. The van der Waals surface area contributed by atoms with Crippen molar-refractivity contribution in [1.29, 1.82) is 0 Å². The molecule has 0 unspecified atom stereocenters. The molecule has 0 spiro atoms. The van der Waals surface area contributed by atoms with Gasteiger partial charge in [-0.2, -0.15) is 0 Å². The van der Waals surface area contributed by atoms with E-state index in [0.29, 0.717) is 5.56 Å². The molecular weight excluding hydrogens is 340 g/mol. The Bertz CT molecular complexity index is 404. The summed E-state index contributed by atoms with van der Waals surface area (Å²) in [5.41, 5.74) is 0.477. The Morgan fingerprint density at radius 2 is 2.00 bits per heavy atom. The predicted molar refractivity (Wildman–Crippen MR) is 58.6 cm³/mol. The van der Waals surface area contributed by atoms with Crippen LogP contribution in [0, 0.1) is 0 Å². The van der Waals surface area contributed by atoms with Crippen molar-refractivity contribution in [3.8, 4) is 5.75 Å². The molecule has 1 atom stereocenters. The second-order valence-electron chi connectivity index (χ2n) is 3.06. The van der Waals surface area contributed by atoms with E-state index in [4.69, 9.17) is 5.11 Å². The number of ether oxygens (including phenoxy) is 1. The van der Waals surface area contributed by atoms with Crippen molar-refractivity contribution >= 4 is 12.2 Å². The van der Waals surface area contributed by atoms with E-state index in [1.165, 1.54) is 19.4 Å². The number of carbonyl (C=O) groups is 1. The summed E-state index contributed by atoms with van der Waals surface area (Å²) >= 11 is 0. The van der Waals surface area contributed by atoms with Gasteiger partial charge in [0, 0.05) is 11.8 Å². The molecule has 0 aliphatic carbocycles. The van der Waals surface area contributed by atoms with E-state index < -0.39 is 18.6 Å². The number of aliphatic hydroxyl groups excluding tert-OH is 1. The van der Waals surface area contributed by atoms with Crippen molar-refractivity contribution in [3.63, 3.8) is 0 Å². The van der Waals surface area contributed by atoms with Gasteiger partial charge < -0.3 is 39.8 Å². The van der Waals surface area contributed by atoms with Crippen LogP contribution in [0.5, 0.6) is 5.75 Å².